The van der Waals surface area contributed by atoms with Gasteiger partial charge in [-0.1, -0.05) is 44.4 Å². The molecule has 26 heavy (non-hydrogen) atoms. The number of aromatic nitrogens is 2. The zero-order valence-electron chi connectivity index (χ0n) is 15.6. The molecule has 138 valence electrons. The number of hydrogen-bond donors (Lipinski definition) is 1. The molecule has 1 fully saturated rings. The van der Waals surface area contributed by atoms with Crippen molar-refractivity contribution in [3.63, 3.8) is 0 Å². The Labute approximate surface area is 161 Å². The fourth-order valence-electron chi connectivity index (χ4n) is 3.94. The van der Waals surface area contributed by atoms with Crippen LogP contribution in [0, 0.1) is 0 Å². The van der Waals surface area contributed by atoms with Crippen molar-refractivity contribution in [3.8, 4) is 0 Å². The highest BCUT2D eigenvalue weighted by atomic mass is 35.5. The zero-order valence-corrected chi connectivity index (χ0v) is 16.4. The van der Waals surface area contributed by atoms with Gasteiger partial charge in [-0.2, -0.15) is 0 Å². The normalized spacial score (nSPS) is 17.6. The van der Waals surface area contributed by atoms with Gasteiger partial charge in [-0.25, -0.2) is 9.97 Å². The Morgan fingerprint density at radius 1 is 1.12 bits per heavy atom. The van der Waals surface area contributed by atoms with E-state index < -0.39 is 0 Å². The Kier molecular flexibility index (Phi) is 5.03. The third-order valence-electron chi connectivity index (χ3n) is 5.46. The van der Waals surface area contributed by atoms with Crippen LogP contribution in [0.15, 0.2) is 24.3 Å². The lowest BCUT2D eigenvalue weighted by molar-refractivity contribution is 0.698. The molecule has 1 aromatic carbocycles. The Morgan fingerprint density at radius 2 is 1.92 bits per heavy atom. The first-order valence-corrected chi connectivity index (χ1v) is 10.1. The molecule has 2 heterocycles. The zero-order chi connectivity index (χ0) is 18.1. The van der Waals surface area contributed by atoms with E-state index in [1.54, 1.807) is 0 Å². The second kappa shape index (κ2) is 7.43. The SMILES string of the molecule is CC(C)c1nc(NC2CCCC2)cc(N2CCc3cc(Cl)ccc3C2)n1. The number of rotatable bonds is 4. The molecule has 0 saturated heterocycles. The smallest absolute Gasteiger partial charge is 0.135 e. The summed E-state index contributed by atoms with van der Waals surface area (Å²) in [5.41, 5.74) is 2.70. The van der Waals surface area contributed by atoms with Gasteiger partial charge < -0.3 is 10.2 Å². The molecule has 0 spiro atoms. The van der Waals surface area contributed by atoms with E-state index in [-0.39, 0.29) is 0 Å². The Balaban J connectivity index is 1.60. The minimum atomic E-state index is 0.315. The number of nitrogens with zero attached hydrogens (tertiary/aromatic N) is 3. The molecular formula is C21H27ClN4. The summed E-state index contributed by atoms with van der Waals surface area (Å²) in [7, 11) is 0. The van der Waals surface area contributed by atoms with E-state index >= 15 is 0 Å². The van der Waals surface area contributed by atoms with E-state index in [0.717, 1.165) is 42.0 Å². The molecule has 1 aliphatic heterocycles. The molecule has 0 unspecified atom stereocenters. The van der Waals surface area contributed by atoms with Crippen molar-refractivity contribution in [1.29, 1.82) is 0 Å². The van der Waals surface area contributed by atoms with Gasteiger partial charge in [-0.3, -0.25) is 0 Å². The molecule has 1 aliphatic carbocycles. The molecule has 4 rings (SSSR count). The van der Waals surface area contributed by atoms with Crippen LogP contribution in [-0.2, 0) is 13.0 Å². The third-order valence-corrected chi connectivity index (χ3v) is 5.69. The largest absolute Gasteiger partial charge is 0.367 e. The predicted molar refractivity (Wildman–Crippen MR) is 108 cm³/mol. The molecule has 0 amide bonds. The lowest BCUT2D eigenvalue weighted by Crippen LogP contribution is -2.31. The highest BCUT2D eigenvalue weighted by molar-refractivity contribution is 6.30. The maximum absolute atomic E-state index is 6.14. The maximum Gasteiger partial charge on any atom is 0.135 e. The second-order valence-electron chi connectivity index (χ2n) is 7.83. The lowest BCUT2D eigenvalue weighted by atomic mass is 10.00. The first kappa shape index (κ1) is 17.6. The van der Waals surface area contributed by atoms with Gasteiger partial charge in [0.25, 0.3) is 0 Å². The van der Waals surface area contributed by atoms with E-state index in [1.165, 1.54) is 36.8 Å². The Hall–Kier alpha value is -1.81. The summed E-state index contributed by atoms with van der Waals surface area (Å²) in [6.07, 6.45) is 6.13. The van der Waals surface area contributed by atoms with E-state index in [1.807, 2.05) is 6.07 Å². The van der Waals surface area contributed by atoms with Crippen LogP contribution in [0.3, 0.4) is 0 Å². The monoisotopic (exact) mass is 370 g/mol. The summed E-state index contributed by atoms with van der Waals surface area (Å²) < 4.78 is 0. The number of halogens is 1. The molecule has 2 aliphatic rings. The van der Waals surface area contributed by atoms with Crippen LogP contribution in [0.5, 0.6) is 0 Å². The fraction of sp³-hybridized carbons (Fsp3) is 0.524. The van der Waals surface area contributed by atoms with Crippen molar-refractivity contribution in [1.82, 2.24) is 9.97 Å². The topological polar surface area (TPSA) is 41.1 Å². The molecule has 1 aromatic heterocycles. The molecule has 1 saturated carbocycles. The first-order chi connectivity index (χ1) is 12.6. The molecule has 4 nitrogen and oxygen atoms in total. The van der Waals surface area contributed by atoms with Crippen molar-refractivity contribution in [2.45, 2.75) is 64.5 Å². The summed E-state index contributed by atoms with van der Waals surface area (Å²) in [4.78, 5) is 12.0. The minimum absolute atomic E-state index is 0.315. The highest BCUT2D eigenvalue weighted by Crippen LogP contribution is 2.29. The van der Waals surface area contributed by atoms with Crippen LogP contribution in [0.2, 0.25) is 5.02 Å². The minimum Gasteiger partial charge on any atom is -0.367 e. The van der Waals surface area contributed by atoms with Crippen molar-refractivity contribution in [2.24, 2.45) is 0 Å². The molecule has 2 aromatic rings. The quantitative estimate of drug-likeness (QED) is 0.805. The van der Waals surface area contributed by atoms with Gasteiger partial charge in [0.1, 0.15) is 17.5 Å². The summed E-state index contributed by atoms with van der Waals surface area (Å²) in [6, 6.07) is 8.91. The molecule has 0 bridgehead atoms. The summed E-state index contributed by atoms with van der Waals surface area (Å²) in [5, 5.41) is 4.47. The lowest BCUT2D eigenvalue weighted by Gasteiger charge is -2.30. The third kappa shape index (κ3) is 3.80. The van der Waals surface area contributed by atoms with Crippen LogP contribution < -0.4 is 10.2 Å². The van der Waals surface area contributed by atoms with Gasteiger partial charge in [-0.15, -0.1) is 0 Å². The summed E-state index contributed by atoms with van der Waals surface area (Å²) in [6.45, 7) is 6.16. The van der Waals surface area contributed by atoms with Crippen molar-refractivity contribution in [2.75, 3.05) is 16.8 Å². The maximum atomic E-state index is 6.14. The fourth-order valence-corrected chi connectivity index (χ4v) is 4.14. The van der Waals surface area contributed by atoms with E-state index in [0.29, 0.717) is 12.0 Å². The van der Waals surface area contributed by atoms with Crippen LogP contribution in [0.4, 0.5) is 11.6 Å². The first-order valence-electron chi connectivity index (χ1n) is 9.76. The van der Waals surface area contributed by atoms with Crippen molar-refractivity contribution in [3.05, 3.63) is 46.2 Å². The average molecular weight is 371 g/mol. The van der Waals surface area contributed by atoms with Gasteiger partial charge in [0, 0.05) is 36.1 Å². The highest BCUT2D eigenvalue weighted by Gasteiger charge is 2.21. The van der Waals surface area contributed by atoms with Gasteiger partial charge in [-0.05, 0) is 42.5 Å². The van der Waals surface area contributed by atoms with Crippen molar-refractivity contribution >= 4 is 23.2 Å². The van der Waals surface area contributed by atoms with Crippen LogP contribution >= 0.6 is 11.6 Å². The molecule has 1 N–H and O–H groups in total. The van der Waals surface area contributed by atoms with E-state index in [4.69, 9.17) is 21.6 Å². The van der Waals surface area contributed by atoms with Crippen LogP contribution in [0.25, 0.3) is 0 Å². The molecule has 0 radical (unpaired) electrons. The Bertz CT molecular complexity index is 784. The summed E-state index contributed by atoms with van der Waals surface area (Å²) >= 11 is 6.14. The molecular weight excluding hydrogens is 344 g/mol. The number of benzene rings is 1. The van der Waals surface area contributed by atoms with Gasteiger partial charge >= 0.3 is 0 Å². The Morgan fingerprint density at radius 3 is 2.69 bits per heavy atom. The van der Waals surface area contributed by atoms with Gasteiger partial charge in [0.2, 0.25) is 0 Å². The predicted octanol–water partition coefficient (Wildman–Crippen LogP) is 5.17. The second-order valence-corrected chi connectivity index (χ2v) is 8.27. The van der Waals surface area contributed by atoms with Gasteiger partial charge in [0.15, 0.2) is 0 Å². The van der Waals surface area contributed by atoms with Crippen LogP contribution in [0.1, 0.15) is 62.4 Å². The number of nitrogens with one attached hydrogen (secondary N) is 1. The average Bonchev–Trinajstić information content (AvgIpc) is 3.14. The number of hydrogen-bond acceptors (Lipinski definition) is 4. The molecule has 0 atom stereocenters. The summed E-state index contributed by atoms with van der Waals surface area (Å²) in [5.74, 6) is 3.25. The number of anilines is 2. The van der Waals surface area contributed by atoms with Crippen molar-refractivity contribution < 1.29 is 0 Å². The van der Waals surface area contributed by atoms with E-state index in [2.05, 4.69) is 42.3 Å². The van der Waals surface area contributed by atoms with E-state index in [9.17, 15) is 0 Å². The molecule has 5 heteroatoms. The number of fused-ring (bicyclic) bond motifs is 1. The van der Waals surface area contributed by atoms with Gasteiger partial charge in [0.05, 0.1) is 0 Å². The standard InChI is InChI=1S/C21H27ClN4/c1-14(2)21-24-19(23-18-5-3-4-6-18)12-20(25-21)26-10-9-15-11-17(22)8-7-16(15)13-26/h7-8,11-12,14,18H,3-6,9-10,13H2,1-2H3,(H,23,24,25). The van der Waals surface area contributed by atoms with Crippen LogP contribution in [-0.4, -0.2) is 22.6 Å².